The van der Waals surface area contributed by atoms with Gasteiger partial charge in [0.25, 0.3) is 5.91 Å². The lowest BCUT2D eigenvalue weighted by molar-refractivity contribution is 0.0928. The maximum Gasteiger partial charge on any atom is 0.272 e. The number of benzene rings is 2. The van der Waals surface area contributed by atoms with Gasteiger partial charge in [-0.15, -0.1) is 0 Å². The number of amides is 1. The van der Waals surface area contributed by atoms with Crippen LogP contribution >= 0.6 is 0 Å². The van der Waals surface area contributed by atoms with E-state index in [1.807, 2.05) is 36.4 Å². The molecule has 0 spiro atoms. The van der Waals surface area contributed by atoms with Crippen LogP contribution in [0, 0.1) is 0 Å². The predicted octanol–water partition coefficient (Wildman–Crippen LogP) is 3.86. The average molecular weight is 360 g/mol. The summed E-state index contributed by atoms with van der Waals surface area (Å²) in [5.74, 6) is 0.694. The van der Waals surface area contributed by atoms with Crippen molar-refractivity contribution in [1.29, 1.82) is 0 Å². The fraction of sp³-hybridized carbons (Fsp3) is 0.238. The van der Waals surface area contributed by atoms with Gasteiger partial charge in [0.1, 0.15) is 5.75 Å². The molecule has 6 nitrogen and oxygen atoms in total. The molecule has 0 aliphatic heterocycles. The number of methoxy groups -OCH3 is 1. The minimum atomic E-state index is -0.151. The first kappa shape index (κ1) is 15.9. The third-order valence-corrected chi connectivity index (χ3v) is 5.41. The second-order valence-corrected chi connectivity index (χ2v) is 6.96. The summed E-state index contributed by atoms with van der Waals surface area (Å²) in [5.41, 5.74) is 4.75. The molecule has 0 unspecified atom stereocenters. The van der Waals surface area contributed by atoms with E-state index in [1.54, 1.807) is 7.11 Å². The molecule has 2 heterocycles. The van der Waals surface area contributed by atoms with Crippen LogP contribution in [-0.4, -0.2) is 28.2 Å². The van der Waals surface area contributed by atoms with E-state index < -0.39 is 0 Å². The lowest BCUT2D eigenvalue weighted by Crippen LogP contribution is -2.31. The van der Waals surface area contributed by atoms with Crippen molar-refractivity contribution in [2.24, 2.45) is 0 Å². The molecular weight excluding hydrogens is 340 g/mol. The first-order valence-electron chi connectivity index (χ1n) is 9.17. The number of rotatable bonds is 3. The number of aromatic amines is 2. The zero-order chi connectivity index (χ0) is 18.4. The highest BCUT2D eigenvalue weighted by atomic mass is 16.5. The fourth-order valence-corrected chi connectivity index (χ4v) is 4.08. The van der Waals surface area contributed by atoms with Crippen molar-refractivity contribution >= 4 is 27.7 Å². The Hall–Kier alpha value is -3.28. The lowest BCUT2D eigenvalue weighted by Gasteiger charge is -2.23. The van der Waals surface area contributed by atoms with E-state index in [4.69, 9.17) is 4.74 Å². The van der Waals surface area contributed by atoms with Gasteiger partial charge >= 0.3 is 0 Å². The highest BCUT2D eigenvalue weighted by molar-refractivity contribution is 6.04. The van der Waals surface area contributed by atoms with Gasteiger partial charge in [-0.05, 0) is 49.1 Å². The maximum atomic E-state index is 12.9. The molecule has 6 heteroatoms. The molecule has 0 fully saturated rings. The third-order valence-electron chi connectivity index (χ3n) is 5.41. The Morgan fingerprint density at radius 1 is 1.19 bits per heavy atom. The molecule has 5 rings (SSSR count). The summed E-state index contributed by atoms with van der Waals surface area (Å²) in [6.45, 7) is 0. The summed E-state index contributed by atoms with van der Waals surface area (Å²) in [4.78, 5) is 16.4. The van der Waals surface area contributed by atoms with Crippen LogP contribution in [0.25, 0.3) is 21.8 Å². The number of ether oxygens (including phenoxy) is 1. The number of aryl methyl sites for hydroxylation is 1. The highest BCUT2D eigenvalue weighted by Gasteiger charge is 2.27. The molecule has 1 aliphatic rings. The summed E-state index contributed by atoms with van der Waals surface area (Å²) in [6.07, 6.45) is 2.94. The number of para-hydroxylation sites is 1. The highest BCUT2D eigenvalue weighted by Crippen LogP contribution is 2.36. The Kier molecular flexibility index (Phi) is 3.63. The molecule has 0 bridgehead atoms. The summed E-state index contributed by atoms with van der Waals surface area (Å²) in [7, 11) is 1.68. The van der Waals surface area contributed by atoms with Gasteiger partial charge in [-0.25, -0.2) is 0 Å². The number of hydrogen-bond donors (Lipinski definition) is 3. The van der Waals surface area contributed by atoms with Crippen LogP contribution in [0.4, 0.5) is 0 Å². The number of nitrogens with zero attached hydrogens (tertiary/aromatic N) is 1. The van der Waals surface area contributed by atoms with Crippen LogP contribution in [0.2, 0.25) is 0 Å². The number of nitrogens with one attached hydrogen (secondary N) is 3. The van der Waals surface area contributed by atoms with E-state index in [0.29, 0.717) is 5.69 Å². The van der Waals surface area contributed by atoms with Crippen molar-refractivity contribution < 1.29 is 9.53 Å². The number of H-pyrrole nitrogens is 2. The summed E-state index contributed by atoms with van der Waals surface area (Å²) < 4.78 is 5.37. The van der Waals surface area contributed by atoms with Crippen molar-refractivity contribution in [2.45, 2.75) is 25.3 Å². The van der Waals surface area contributed by atoms with Crippen molar-refractivity contribution in [1.82, 2.24) is 20.5 Å². The van der Waals surface area contributed by atoms with Gasteiger partial charge in [0.05, 0.1) is 18.7 Å². The molecule has 0 radical (unpaired) electrons. The van der Waals surface area contributed by atoms with Crippen molar-refractivity contribution in [3.8, 4) is 5.75 Å². The second kappa shape index (κ2) is 6.16. The molecule has 2 aromatic heterocycles. The number of aromatic nitrogens is 3. The van der Waals surface area contributed by atoms with Crippen LogP contribution in [0.3, 0.4) is 0 Å². The number of hydrogen-bond acceptors (Lipinski definition) is 3. The van der Waals surface area contributed by atoms with Crippen molar-refractivity contribution in [3.63, 3.8) is 0 Å². The Bertz CT molecular complexity index is 1160. The van der Waals surface area contributed by atoms with E-state index in [9.17, 15) is 4.79 Å². The van der Waals surface area contributed by atoms with Gasteiger partial charge in [0.2, 0.25) is 0 Å². The van der Waals surface area contributed by atoms with Crippen LogP contribution in [0.15, 0.2) is 42.5 Å². The Morgan fingerprint density at radius 2 is 2.07 bits per heavy atom. The largest absolute Gasteiger partial charge is 0.497 e. The number of carbonyl (C=O) groups is 1. The van der Waals surface area contributed by atoms with Crippen LogP contribution in [-0.2, 0) is 6.42 Å². The monoisotopic (exact) mass is 360 g/mol. The van der Waals surface area contributed by atoms with Gasteiger partial charge in [-0.1, -0.05) is 18.2 Å². The van der Waals surface area contributed by atoms with Gasteiger partial charge in [-0.2, -0.15) is 5.10 Å². The van der Waals surface area contributed by atoms with Gasteiger partial charge in [0.15, 0.2) is 5.69 Å². The molecule has 0 saturated carbocycles. The van der Waals surface area contributed by atoms with E-state index in [1.165, 1.54) is 10.9 Å². The Balaban J connectivity index is 1.49. The first-order chi connectivity index (χ1) is 13.2. The van der Waals surface area contributed by atoms with Crippen LogP contribution in [0.1, 0.15) is 40.6 Å². The summed E-state index contributed by atoms with van der Waals surface area (Å²) >= 11 is 0. The summed E-state index contributed by atoms with van der Waals surface area (Å²) in [6, 6.07) is 13.7. The zero-order valence-electron chi connectivity index (χ0n) is 15.0. The smallest absolute Gasteiger partial charge is 0.272 e. The summed E-state index contributed by atoms with van der Waals surface area (Å²) in [5, 5.41) is 12.3. The fourth-order valence-electron chi connectivity index (χ4n) is 4.08. The molecule has 4 aromatic rings. The Morgan fingerprint density at radius 3 is 2.96 bits per heavy atom. The quantitative estimate of drug-likeness (QED) is 0.519. The normalized spacial score (nSPS) is 16.4. The van der Waals surface area contributed by atoms with Crippen molar-refractivity contribution in [3.05, 3.63) is 59.4 Å². The molecule has 136 valence electrons. The molecule has 1 atom stereocenters. The molecule has 27 heavy (non-hydrogen) atoms. The van der Waals surface area contributed by atoms with Gasteiger partial charge < -0.3 is 15.0 Å². The Labute approximate surface area is 155 Å². The molecular formula is C21H20N4O2. The minimum absolute atomic E-state index is 0.0462. The standard InChI is InChI=1S/C21H20N4O2/c1-27-12-9-10-16-15(11-12)13-6-4-8-18(19(13)22-16)23-21(26)20-14-5-2-3-7-17(14)24-25-20/h2-3,5,7,9-11,18,22H,4,6,8H2,1H3,(H,23,26)(H,24,25)/t18-/m0/s1. The van der Waals surface area contributed by atoms with Gasteiger partial charge in [0, 0.05) is 22.0 Å². The van der Waals surface area contributed by atoms with E-state index in [2.05, 4.69) is 26.6 Å². The van der Waals surface area contributed by atoms with Crippen LogP contribution < -0.4 is 10.1 Å². The van der Waals surface area contributed by atoms with E-state index in [0.717, 1.165) is 47.1 Å². The lowest BCUT2D eigenvalue weighted by atomic mass is 9.91. The SMILES string of the molecule is COc1ccc2[nH]c3c(c2c1)CCC[C@@H]3NC(=O)c1n[nH]c2ccccc12. The number of carbonyl (C=O) groups excluding carboxylic acids is 1. The molecule has 0 saturated heterocycles. The number of fused-ring (bicyclic) bond motifs is 4. The van der Waals surface area contributed by atoms with E-state index in [-0.39, 0.29) is 11.9 Å². The van der Waals surface area contributed by atoms with E-state index >= 15 is 0 Å². The van der Waals surface area contributed by atoms with Crippen molar-refractivity contribution in [2.75, 3.05) is 7.11 Å². The predicted molar refractivity (Wildman–Crippen MR) is 104 cm³/mol. The molecule has 2 aromatic carbocycles. The zero-order valence-corrected chi connectivity index (χ0v) is 15.0. The minimum Gasteiger partial charge on any atom is -0.497 e. The third kappa shape index (κ3) is 2.56. The van der Waals surface area contributed by atoms with Crippen LogP contribution in [0.5, 0.6) is 5.75 Å². The molecule has 1 aliphatic carbocycles. The molecule has 1 amide bonds. The molecule has 3 N–H and O–H groups in total. The topological polar surface area (TPSA) is 82.8 Å². The van der Waals surface area contributed by atoms with Gasteiger partial charge in [-0.3, -0.25) is 9.89 Å². The average Bonchev–Trinajstić information content (AvgIpc) is 3.29. The second-order valence-electron chi connectivity index (χ2n) is 6.96. The maximum absolute atomic E-state index is 12.9. The first-order valence-corrected chi connectivity index (χ1v) is 9.17.